The second kappa shape index (κ2) is 8.88. The van der Waals surface area contributed by atoms with Crippen LogP contribution in [-0.4, -0.2) is 49.9 Å². The number of aromatic nitrogens is 4. The number of nitrogens with zero attached hydrogens (tertiary/aromatic N) is 5. The van der Waals surface area contributed by atoms with Crippen molar-refractivity contribution in [3.63, 3.8) is 0 Å². The van der Waals surface area contributed by atoms with Crippen molar-refractivity contribution in [1.29, 1.82) is 0 Å². The summed E-state index contributed by atoms with van der Waals surface area (Å²) >= 11 is 12.7. The molecular formula is C23H20Cl2N6O2. The standard InChI is InChI=1S/C23H20Cl2N6O2/c24-14-5-7-16(8-6-14)31-20(17-3-1-2-4-18(17)25)29-19-21(26-13-27-22(19)31)30-11-9-15(10-12-30)28-23(32)33/h1-8,13,15,28H,9-12H2,(H,32,33). The Bertz CT molecular complexity index is 1320. The molecule has 1 aliphatic heterocycles. The van der Waals surface area contributed by atoms with E-state index in [-0.39, 0.29) is 6.04 Å². The molecule has 2 aromatic carbocycles. The number of anilines is 1. The quantitative estimate of drug-likeness (QED) is 0.423. The van der Waals surface area contributed by atoms with Gasteiger partial charge in [0.1, 0.15) is 12.2 Å². The number of imidazole rings is 1. The smallest absolute Gasteiger partial charge is 0.404 e. The summed E-state index contributed by atoms with van der Waals surface area (Å²) in [5, 5.41) is 12.8. The van der Waals surface area contributed by atoms with Crippen LogP contribution in [0.2, 0.25) is 10.0 Å². The molecule has 1 amide bonds. The monoisotopic (exact) mass is 482 g/mol. The second-order valence-electron chi connectivity index (χ2n) is 7.81. The minimum absolute atomic E-state index is 0.0682. The number of carboxylic acid groups (broad SMARTS) is 1. The number of hydrogen-bond donors (Lipinski definition) is 2. The van der Waals surface area contributed by atoms with Crippen molar-refractivity contribution in [3.8, 4) is 17.1 Å². The molecule has 1 aliphatic rings. The van der Waals surface area contributed by atoms with Crippen molar-refractivity contribution in [2.75, 3.05) is 18.0 Å². The fourth-order valence-electron chi connectivity index (χ4n) is 4.18. The number of halogens is 2. The van der Waals surface area contributed by atoms with Crippen LogP contribution < -0.4 is 10.2 Å². The summed E-state index contributed by atoms with van der Waals surface area (Å²) in [7, 11) is 0. The lowest BCUT2D eigenvalue weighted by molar-refractivity contribution is 0.187. The first-order valence-corrected chi connectivity index (χ1v) is 11.3. The zero-order chi connectivity index (χ0) is 22.9. The molecule has 1 fully saturated rings. The van der Waals surface area contributed by atoms with E-state index in [4.69, 9.17) is 33.3 Å². The van der Waals surface area contributed by atoms with Crippen molar-refractivity contribution < 1.29 is 9.90 Å². The molecule has 5 rings (SSSR count). The Kier molecular flexibility index (Phi) is 5.78. The van der Waals surface area contributed by atoms with E-state index in [2.05, 4.69) is 20.2 Å². The fraction of sp³-hybridized carbons (Fsp3) is 0.217. The normalized spacial score (nSPS) is 14.5. The molecule has 2 aromatic heterocycles. The number of piperidine rings is 1. The van der Waals surface area contributed by atoms with E-state index < -0.39 is 6.09 Å². The highest BCUT2D eigenvalue weighted by molar-refractivity contribution is 6.33. The zero-order valence-corrected chi connectivity index (χ0v) is 19.0. The van der Waals surface area contributed by atoms with Crippen molar-refractivity contribution in [3.05, 3.63) is 64.9 Å². The van der Waals surface area contributed by atoms with Gasteiger partial charge in [-0.25, -0.2) is 19.7 Å². The van der Waals surface area contributed by atoms with Crippen LogP contribution in [-0.2, 0) is 0 Å². The Morgan fingerprint density at radius 2 is 1.76 bits per heavy atom. The van der Waals surface area contributed by atoms with Gasteiger partial charge < -0.3 is 15.3 Å². The Morgan fingerprint density at radius 1 is 1.03 bits per heavy atom. The van der Waals surface area contributed by atoms with Crippen LogP contribution in [0.3, 0.4) is 0 Å². The van der Waals surface area contributed by atoms with Crippen LogP contribution >= 0.6 is 23.2 Å². The maximum Gasteiger partial charge on any atom is 0.404 e. The van der Waals surface area contributed by atoms with Gasteiger partial charge >= 0.3 is 6.09 Å². The van der Waals surface area contributed by atoms with E-state index >= 15 is 0 Å². The average molecular weight is 483 g/mol. The lowest BCUT2D eigenvalue weighted by Crippen LogP contribution is -2.44. The van der Waals surface area contributed by atoms with Gasteiger partial charge in [0, 0.05) is 35.4 Å². The maximum absolute atomic E-state index is 11.0. The summed E-state index contributed by atoms with van der Waals surface area (Å²) in [6.07, 6.45) is 1.91. The van der Waals surface area contributed by atoms with E-state index in [1.165, 1.54) is 6.33 Å². The molecule has 33 heavy (non-hydrogen) atoms. The topological polar surface area (TPSA) is 96.2 Å². The van der Waals surface area contributed by atoms with Crippen LogP contribution in [0.4, 0.5) is 10.6 Å². The van der Waals surface area contributed by atoms with Crippen molar-refractivity contribution in [2.45, 2.75) is 18.9 Å². The summed E-state index contributed by atoms with van der Waals surface area (Å²) in [6.45, 7) is 1.32. The van der Waals surface area contributed by atoms with E-state index in [9.17, 15) is 4.79 Å². The summed E-state index contributed by atoms with van der Waals surface area (Å²) in [5.74, 6) is 1.37. The van der Waals surface area contributed by atoms with Gasteiger partial charge in [-0.05, 0) is 49.2 Å². The summed E-state index contributed by atoms with van der Waals surface area (Å²) in [6, 6.07) is 14.9. The van der Waals surface area contributed by atoms with Crippen LogP contribution in [0, 0.1) is 0 Å². The van der Waals surface area contributed by atoms with E-state index in [0.717, 1.165) is 17.1 Å². The van der Waals surface area contributed by atoms with Gasteiger partial charge in [0.25, 0.3) is 0 Å². The maximum atomic E-state index is 11.0. The van der Waals surface area contributed by atoms with Gasteiger partial charge in [0.05, 0.1) is 5.02 Å². The van der Waals surface area contributed by atoms with Gasteiger partial charge in [0.2, 0.25) is 0 Å². The Morgan fingerprint density at radius 3 is 2.45 bits per heavy atom. The first kappa shape index (κ1) is 21.5. The van der Waals surface area contributed by atoms with Gasteiger partial charge in [-0.3, -0.25) is 4.57 Å². The molecule has 3 heterocycles. The molecule has 1 saturated heterocycles. The van der Waals surface area contributed by atoms with Gasteiger partial charge in [0.15, 0.2) is 17.0 Å². The molecule has 0 bridgehead atoms. The molecule has 0 spiro atoms. The number of hydrogen-bond acceptors (Lipinski definition) is 5. The Hall–Kier alpha value is -3.36. The molecule has 0 saturated carbocycles. The van der Waals surface area contributed by atoms with Gasteiger partial charge in [-0.15, -0.1) is 0 Å². The molecule has 8 nitrogen and oxygen atoms in total. The molecule has 10 heteroatoms. The van der Waals surface area contributed by atoms with Crippen LogP contribution in [0.15, 0.2) is 54.9 Å². The van der Waals surface area contributed by atoms with E-state index in [0.29, 0.717) is 53.0 Å². The first-order valence-electron chi connectivity index (χ1n) is 10.5. The minimum Gasteiger partial charge on any atom is -0.465 e. The number of benzene rings is 2. The number of rotatable bonds is 4. The molecular weight excluding hydrogens is 463 g/mol. The van der Waals surface area contributed by atoms with Crippen molar-refractivity contribution in [2.24, 2.45) is 0 Å². The molecule has 0 unspecified atom stereocenters. The zero-order valence-electron chi connectivity index (χ0n) is 17.4. The lowest BCUT2D eigenvalue weighted by atomic mass is 10.1. The molecule has 0 aliphatic carbocycles. The van der Waals surface area contributed by atoms with Crippen molar-refractivity contribution in [1.82, 2.24) is 24.8 Å². The van der Waals surface area contributed by atoms with Crippen LogP contribution in [0.5, 0.6) is 0 Å². The highest BCUT2D eigenvalue weighted by atomic mass is 35.5. The Balaban J connectivity index is 1.63. The van der Waals surface area contributed by atoms with Crippen LogP contribution in [0.25, 0.3) is 28.2 Å². The number of amides is 1. The second-order valence-corrected chi connectivity index (χ2v) is 8.65. The highest BCUT2D eigenvalue weighted by Crippen LogP contribution is 2.35. The summed E-state index contributed by atoms with van der Waals surface area (Å²) < 4.78 is 1.96. The summed E-state index contributed by atoms with van der Waals surface area (Å²) in [4.78, 5) is 27.2. The van der Waals surface area contributed by atoms with Gasteiger partial charge in [-0.1, -0.05) is 35.3 Å². The Labute approximate surface area is 199 Å². The van der Waals surface area contributed by atoms with Crippen LogP contribution in [0.1, 0.15) is 12.8 Å². The largest absolute Gasteiger partial charge is 0.465 e. The molecule has 0 atom stereocenters. The number of fused-ring (bicyclic) bond motifs is 1. The molecule has 2 N–H and O–H groups in total. The predicted octanol–water partition coefficient (Wildman–Crippen LogP) is 5.03. The highest BCUT2D eigenvalue weighted by Gasteiger charge is 2.26. The third-order valence-electron chi connectivity index (χ3n) is 5.75. The van der Waals surface area contributed by atoms with E-state index in [1.54, 1.807) is 0 Å². The van der Waals surface area contributed by atoms with Crippen molar-refractivity contribution >= 4 is 46.3 Å². The minimum atomic E-state index is -0.996. The average Bonchev–Trinajstić information content (AvgIpc) is 3.19. The summed E-state index contributed by atoms with van der Waals surface area (Å²) in [5.41, 5.74) is 2.95. The van der Waals surface area contributed by atoms with E-state index in [1.807, 2.05) is 53.1 Å². The SMILES string of the molecule is O=C(O)NC1CCN(c2ncnc3c2nc(-c2ccccc2Cl)n3-c2ccc(Cl)cc2)CC1. The third kappa shape index (κ3) is 4.19. The number of carbonyl (C=O) groups is 1. The molecule has 168 valence electrons. The molecule has 0 radical (unpaired) electrons. The predicted molar refractivity (Wildman–Crippen MR) is 129 cm³/mol. The third-order valence-corrected chi connectivity index (χ3v) is 6.33. The fourth-order valence-corrected chi connectivity index (χ4v) is 4.53. The molecule has 4 aromatic rings. The lowest BCUT2D eigenvalue weighted by Gasteiger charge is -2.32. The number of nitrogens with one attached hydrogen (secondary N) is 1. The van der Waals surface area contributed by atoms with Gasteiger partial charge in [-0.2, -0.15) is 0 Å². The first-order chi connectivity index (χ1) is 16.0.